The van der Waals surface area contributed by atoms with Crippen molar-refractivity contribution in [2.24, 2.45) is 11.8 Å². The zero-order valence-electron chi connectivity index (χ0n) is 6.47. The van der Waals surface area contributed by atoms with E-state index in [4.69, 9.17) is 10.1 Å². The van der Waals surface area contributed by atoms with Gasteiger partial charge in [-0.15, -0.1) is 0 Å². The van der Waals surface area contributed by atoms with Crippen molar-refractivity contribution in [3.05, 3.63) is 0 Å². The summed E-state index contributed by atoms with van der Waals surface area (Å²) in [5, 5.41) is 7.08. The van der Waals surface area contributed by atoms with Crippen LogP contribution in [0.25, 0.3) is 0 Å². The molecule has 0 aromatic carbocycles. The highest BCUT2D eigenvalue weighted by molar-refractivity contribution is 5.56. The third-order valence-corrected chi connectivity index (χ3v) is 2.27. The lowest BCUT2D eigenvalue weighted by Gasteiger charge is -2.24. The molecule has 1 heterocycles. The smallest absolute Gasteiger partial charge is 0.0468 e. The Kier molecular flexibility index (Phi) is 2.87. The lowest BCUT2D eigenvalue weighted by molar-refractivity contribution is 0.0587. The summed E-state index contributed by atoms with van der Waals surface area (Å²) in [7, 11) is 0. The first kappa shape index (κ1) is 7.73. The van der Waals surface area contributed by atoms with Crippen molar-refractivity contribution in [1.82, 2.24) is 0 Å². The Morgan fingerprint density at radius 2 is 2.10 bits per heavy atom. The van der Waals surface area contributed by atoms with Crippen LogP contribution in [0.3, 0.4) is 0 Å². The van der Waals surface area contributed by atoms with Gasteiger partial charge in [0, 0.05) is 13.2 Å². The van der Waals surface area contributed by atoms with Gasteiger partial charge < -0.3 is 10.1 Å². The van der Waals surface area contributed by atoms with Crippen molar-refractivity contribution in [3.63, 3.8) is 0 Å². The van der Waals surface area contributed by atoms with Crippen molar-refractivity contribution >= 4 is 6.21 Å². The van der Waals surface area contributed by atoms with Gasteiger partial charge in [0.05, 0.1) is 0 Å². The summed E-state index contributed by atoms with van der Waals surface area (Å²) in [4.78, 5) is 0. The molecule has 1 rings (SSSR count). The molecule has 0 bridgehead atoms. The van der Waals surface area contributed by atoms with Gasteiger partial charge in [0.25, 0.3) is 0 Å². The van der Waals surface area contributed by atoms with Crippen LogP contribution in [-0.4, -0.2) is 19.4 Å². The minimum atomic E-state index is 0.448. The molecule has 1 N–H and O–H groups in total. The van der Waals surface area contributed by atoms with E-state index in [1.807, 2.05) is 0 Å². The van der Waals surface area contributed by atoms with E-state index in [9.17, 15) is 0 Å². The number of rotatable bonds is 2. The highest BCUT2D eigenvalue weighted by atomic mass is 16.5. The number of ether oxygens (including phenoxy) is 1. The molecule has 1 aliphatic rings. The molecule has 0 saturated carbocycles. The largest absolute Gasteiger partial charge is 0.381 e. The molecule has 1 fully saturated rings. The van der Waals surface area contributed by atoms with Crippen molar-refractivity contribution in [3.8, 4) is 0 Å². The Labute approximate surface area is 62.1 Å². The van der Waals surface area contributed by atoms with Crippen LogP contribution in [0.1, 0.15) is 19.8 Å². The second-order valence-corrected chi connectivity index (χ2v) is 2.98. The molecule has 0 aromatic heterocycles. The third kappa shape index (κ3) is 1.81. The average molecular weight is 141 g/mol. The van der Waals surface area contributed by atoms with E-state index in [2.05, 4.69) is 6.92 Å². The molecule has 1 aliphatic heterocycles. The molecule has 0 unspecified atom stereocenters. The third-order valence-electron chi connectivity index (χ3n) is 2.27. The molecule has 58 valence electrons. The van der Waals surface area contributed by atoms with Crippen LogP contribution < -0.4 is 0 Å². The van der Waals surface area contributed by atoms with Crippen LogP contribution in [0.15, 0.2) is 0 Å². The Bertz CT molecular complexity index is 108. The maximum absolute atomic E-state index is 7.08. The summed E-state index contributed by atoms with van der Waals surface area (Å²) in [6, 6.07) is 0. The van der Waals surface area contributed by atoms with Gasteiger partial charge in [-0.3, -0.25) is 0 Å². The van der Waals surface area contributed by atoms with Crippen LogP contribution in [0.5, 0.6) is 0 Å². The fraction of sp³-hybridized carbons (Fsp3) is 0.875. The minimum absolute atomic E-state index is 0.448. The zero-order chi connectivity index (χ0) is 7.40. The Morgan fingerprint density at radius 1 is 1.50 bits per heavy atom. The normalized spacial score (nSPS) is 24.1. The molecule has 2 nitrogen and oxygen atoms in total. The summed E-state index contributed by atoms with van der Waals surface area (Å²) in [6.45, 7) is 3.90. The first-order valence-corrected chi connectivity index (χ1v) is 3.93. The number of nitrogens with one attached hydrogen (secondary N) is 1. The summed E-state index contributed by atoms with van der Waals surface area (Å²) in [6.07, 6.45) is 3.82. The molecular weight excluding hydrogens is 126 g/mol. The first-order valence-electron chi connectivity index (χ1n) is 3.93. The second kappa shape index (κ2) is 3.71. The van der Waals surface area contributed by atoms with Crippen molar-refractivity contribution in [2.45, 2.75) is 19.8 Å². The SMILES string of the molecule is C[C@H](C=N)C1CCOCC1. The maximum Gasteiger partial charge on any atom is 0.0468 e. The van der Waals surface area contributed by atoms with Crippen LogP contribution in [-0.2, 0) is 4.74 Å². The van der Waals surface area contributed by atoms with E-state index in [0.29, 0.717) is 11.8 Å². The van der Waals surface area contributed by atoms with Crippen LogP contribution in [0.4, 0.5) is 0 Å². The Morgan fingerprint density at radius 3 is 2.60 bits per heavy atom. The van der Waals surface area contributed by atoms with Gasteiger partial charge in [-0.1, -0.05) is 6.92 Å². The lowest BCUT2D eigenvalue weighted by atomic mass is 9.88. The average Bonchev–Trinajstić information content (AvgIpc) is 2.05. The van der Waals surface area contributed by atoms with E-state index < -0.39 is 0 Å². The predicted octanol–water partition coefficient (Wildman–Crippen LogP) is 1.70. The molecule has 0 spiro atoms. The number of hydrogen-bond acceptors (Lipinski definition) is 2. The molecule has 10 heavy (non-hydrogen) atoms. The van der Waals surface area contributed by atoms with Gasteiger partial charge in [0.1, 0.15) is 0 Å². The summed E-state index contributed by atoms with van der Waals surface area (Å²) < 4.78 is 5.22. The van der Waals surface area contributed by atoms with Gasteiger partial charge >= 0.3 is 0 Å². The van der Waals surface area contributed by atoms with Crippen LogP contribution in [0, 0.1) is 17.2 Å². The molecule has 1 saturated heterocycles. The van der Waals surface area contributed by atoms with Gasteiger partial charge in [-0.05, 0) is 30.9 Å². The van der Waals surface area contributed by atoms with Gasteiger partial charge in [-0.2, -0.15) is 0 Å². The van der Waals surface area contributed by atoms with E-state index in [1.54, 1.807) is 6.21 Å². The van der Waals surface area contributed by atoms with Crippen molar-refractivity contribution in [1.29, 1.82) is 5.41 Å². The van der Waals surface area contributed by atoms with Crippen molar-refractivity contribution in [2.75, 3.05) is 13.2 Å². The quantitative estimate of drug-likeness (QED) is 0.583. The second-order valence-electron chi connectivity index (χ2n) is 2.98. The predicted molar refractivity (Wildman–Crippen MR) is 41.5 cm³/mol. The van der Waals surface area contributed by atoms with Crippen LogP contribution in [0.2, 0.25) is 0 Å². The molecule has 0 aromatic rings. The zero-order valence-corrected chi connectivity index (χ0v) is 6.47. The molecule has 1 atom stereocenters. The topological polar surface area (TPSA) is 33.1 Å². The summed E-state index contributed by atoms with van der Waals surface area (Å²) in [5.74, 6) is 1.15. The Hall–Kier alpha value is -0.370. The van der Waals surface area contributed by atoms with E-state index in [0.717, 1.165) is 26.1 Å². The maximum atomic E-state index is 7.08. The minimum Gasteiger partial charge on any atom is -0.381 e. The van der Waals surface area contributed by atoms with E-state index in [1.165, 1.54) is 0 Å². The Balaban J connectivity index is 2.30. The lowest BCUT2D eigenvalue weighted by Crippen LogP contribution is -2.22. The summed E-state index contributed by atoms with van der Waals surface area (Å²) >= 11 is 0. The molecule has 0 amide bonds. The molecule has 0 radical (unpaired) electrons. The van der Waals surface area contributed by atoms with Gasteiger partial charge in [-0.25, -0.2) is 0 Å². The summed E-state index contributed by atoms with van der Waals surface area (Å²) in [5.41, 5.74) is 0. The van der Waals surface area contributed by atoms with Crippen molar-refractivity contribution < 1.29 is 4.74 Å². The monoisotopic (exact) mass is 141 g/mol. The molecule has 0 aliphatic carbocycles. The standard InChI is InChI=1S/C8H15NO/c1-7(6-9)8-2-4-10-5-3-8/h6-9H,2-5H2,1H3/t7-/m1/s1. The fourth-order valence-electron chi connectivity index (χ4n) is 1.38. The molecule has 2 heteroatoms. The fourth-order valence-corrected chi connectivity index (χ4v) is 1.38. The van der Waals surface area contributed by atoms with Gasteiger partial charge in [0.2, 0.25) is 0 Å². The highest BCUT2D eigenvalue weighted by Gasteiger charge is 2.18. The molecular formula is C8H15NO. The van der Waals surface area contributed by atoms with E-state index in [-0.39, 0.29) is 0 Å². The highest BCUT2D eigenvalue weighted by Crippen LogP contribution is 2.21. The number of hydrogen-bond donors (Lipinski definition) is 1. The van der Waals surface area contributed by atoms with Gasteiger partial charge in [0.15, 0.2) is 0 Å². The van der Waals surface area contributed by atoms with Crippen LogP contribution >= 0.6 is 0 Å². The van der Waals surface area contributed by atoms with E-state index >= 15 is 0 Å². The first-order chi connectivity index (χ1) is 4.84.